The van der Waals surface area contributed by atoms with Crippen LogP contribution in [0.1, 0.15) is 25.7 Å². The maximum atomic E-state index is 5.89. The SMILES string of the molecule is NCC1CCCCC1Nc1ncnc2ccccc12. The van der Waals surface area contributed by atoms with Crippen LogP contribution < -0.4 is 11.1 Å². The average molecular weight is 256 g/mol. The Bertz CT molecular complexity index is 549. The number of benzene rings is 1. The van der Waals surface area contributed by atoms with Crippen LogP contribution in [0.2, 0.25) is 0 Å². The number of hydrogen-bond donors (Lipinski definition) is 2. The van der Waals surface area contributed by atoms with Crippen molar-refractivity contribution < 1.29 is 0 Å². The summed E-state index contributed by atoms with van der Waals surface area (Å²) in [6, 6.07) is 8.55. The second kappa shape index (κ2) is 5.53. The summed E-state index contributed by atoms with van der Waals surface area (Å²) in [6.45, 7) is 0.751. The molecule has 3 N–H and O–H groups in total. The molecule has 19 heavy (non-hydrogen) atoms. The zero-order chi connectivity index (χ0) is 13.1. The Balaban J connectivity index is 1.88. The first-order valence-electron chi connectivity index (χ1n) is 7.05. The first-order valence-corrected chi connectivity index (χ1v) is 7.05. The zero-order valence-electron chi connectivity index (χ0n) is 11.0. The van der Waals surface area contributed by atoms with Crippen LogP contribution in [0.5, 0.6) is 0 Å². The van der Waals surface area contributed by atoms with E-state index < -0.39 is 0 Å². The molecule has 0 amide bonds. The lowest BCUT2D eigenvalue weighted by Crippen LogP contribution is -2.37. The van der Waals surface area contributed by atoms with Crippen molar-refractivity contribution in [3.8, 4) is 0 Å². The van der Waals surface area contributed by atoms with E-state index in [0.29, 0.717) is 12.0 Å². The predicted molar refractivity (Wildman–Crippen MR) is 78.0 cm³/mol. The summed E-state index contributed by atoms with van der Waals surface area (Å²) in [6.07, 6.45) is 6.60. The van der Waals surface area contributed by atoms with Crippen molar-refractivity contribution in [2.24, 2.45) is 11.7 Å². The molecule has 1 aliphatic carbocycles. The molecule has 0 radical (unpaired) electrons. The molecule has 2 atom stereocenters. The summed E-state index contributed by atoms with van der Waals surface area (Å²) in [5.74, 6) is 1.50. The number of aromatic nitrogens is 2. The van der Waals surface area contributed by atoms with Crippen molar-refractivity contribution in [3.05, 3.63) is 30.6 Å². The molecule has 2 aromatic rings. The third-order valence-electron chi connectivity index (χ3n) is 4.08. The van der Waals surface area contributed by atoms with Crippen molar-refractivity contribution in [1.29, 1.82) is 0 Å². The van der Waals surface area contributed by atoms with Crippen LogP contribution in [0, 0.1) is 5.92 Å². The Morgan fingerprint density at radius 2 is 2.00 bits per heavy atom. The van der Waals surface area contributed by atoms with Gasteiger partial charge in [-0.1, -0.05) is 25.0 Å². The fourth-order valence-corrected chi connectivity index (χ4v) is 2.98. The molecular formula is C15H20N4. The molecule has 1 aromatic heterocycles. The number of anilines is 1. The highest BCUT2D eigenvalue weighted by atomic mass is 15.0. The van der Waals surface area contributed by atoms with Gasteiger partial charge in [0.05, 0.1) is 5.52 Å². The summed E-state index contributed by atoms with van der Waals surface area (Å²) in [5, 5.41) is 4.68. The normalized spacial score (nSPS) is 23.4. The standard InChI is InChI=1S/C15H20N4/c16-9-11-5-1-3-7-13(11)19-15-12-6-2-4-8-14(12)17-10-18-15/h2,4,6,8,10-11,13H,1,3,5,7,9,16H2,(H,17,18,19). The topological polar surface area (TPSA) is 63.8 Å². The van der Waals surface area contributed by atoms with Gasteiger partial charge in [-0.05, 0) is 37.4 Å². The first kappa shape index (κ1) is 12.4. The minimum Gasteiger partial charge on any atom is -0.366 e. The molecule has 3 rings (SSSR count). The fourth-order valence-electron chi connectivity index (χ4n) is 2.98. The quantitative estimate of drug-likeness (QED) is 0.886. The molecule has 0 spiro atoms. The van der Waals surface area contributed by atoms with Gasteiger partial charge >= 0.3 is 0 Å². The smallest absolute Gasteiger partial charge is 0.137 e. The van der Waals surface area contributed by atoms with E-state index in [4.69, 9.17) is 5.73 Å². The van der Waals surface area contributed by atoms with Gasteiger partial charge < -0.3 is 11.1 Å². The number of hydrogen-bond acceptors (Lipinski definition) is 4. The van der Waals surface area contributed by atoms with Gasteiger partial charge in [0.2, 0.25) is 0 Å². The molecular weight excluding hydrogens is 236 g/mol. The van der Waals surface area contributed by atoms with Crippen LogP contribution in [0.25, 0.3) is 10.9 Å². The van der Waals surface area contributed by atoms with Crippen LogP contribution in [0.4, 0.5) is 5.82 Å². The molecule has 1 aromatic carbocycles. The van der Waals surface area contributed by atoms with Crippen molar-refractivity contribution in [3.63, 3.8) is 0 Å². The summed E-state index contributed by atoms with van der Waals surface area (Å²) in [7, 11) is 0. The number of nitrogens with zero attached hydrogens (tertiary/aromatic N) is 2. The number of fused-ring (bicyclic) bond motifs is 1. The molecule has 4 heteroatoms. The van der Waals surface area contributed by atoms with Gasteiger partial charge in [0.1, 0.15) is 12.1 Å². The molecule has 0 aliphatic heterocycles. The highest BCUT2D eigenvalue weighted by Gasteiger charge is 2.24. The van der Waals surface area contributed by atoms with E-state index in [2.05, 4.69) is 21.4 Å². The minimum absolute atomic E-state index is 0.442. The van der Waals surface area contributed by atoms with Crippen LogP contribution in [0.3, 0.4) is 0 Å². The van der Waals surface area contributed by atoms with Gasteiger partial charge in [0.15, 0.2) is 0 Å². The van der Waals surface area contributed by atoms with Crippen molar-refractivity contribution in [2.75, 3.05) is 11.9 Å². The fraction of sp³-hybridized carbons (Fsp3) is 0.467. The van der Waals surface area contributed by atoms with Gasteiger partial charge in [-0.15, -0.1) is 0 Å². The molecule has 1 saturated carbocycles. The van der Waals surface area contributed by atoms with Crippen LogP contribution in [-0.2, 0) is 0 Å². The van der Waals surface area contributed by atoms with E-state index in [1.807, 2.05) is 18.2 Å². The molecule has 100 valence electrons. The van der Waals surface area contributed by atoms with E-state index in [1.54, 1.807) is 6.33 Å². The van der Waals surface area contributed by atoms with Gasteiger partial charge in [-0.2, -0.15) is 0 Å². The summed E-state index contributed by atoms with van der Waals surface area (Å²) in [4.78, 5) is 8.71. The number of nitrogens with two attached hydrogens (primary N) is 1. The van der Waals surface area contributed by atoms with Crippen LogP contribution in [-0.4, -0.2) is 22.6 Å². The number of para-hydroxylation sites is 1. The lowest BCUT2D eigenvalue weighted by Gasteiger charge is -2.31. The van der Waals surface area contributed by atoms with Gasteiger partial charge in [0.25, 0.3) is 0 Å². The average Bonchev–Trinajstić information content (AvgIpc) is 2.48. The second-order valence-corrected chi connectivity index (χ2v) is 5.27. The van der Waals surface area contributed by atoms with Crippen LogP contribution in [0.15, 0.2) is 30.6 Å². The Morgan fingerprint density at radius 3 is 2.89 bits per heavy atom. The van der Waals surface area contributed by atoms with E-state index in [0.717, 1.165) is 23.3 Å². The third-order valence-corrected chi connectivity index (χ3v) is 4.08. The molecule has 4 nitrogen and oxygen atoms in total. The largest absolute Gasteiger partial charge is 0.366 e. The minimum atomic E-state index is 0.442. The maximum absolute atomic E-state index is 5.89. The Labute approximate surface area is 113 Å². The summed E-state index contributed by atoms with van der Waals surface area (Å²) < 4.78 is 0. The monoisotopic (exact) mass is 256 g/mol. The zero-order valence-corrected chi connectivity index (χ0v) is 11.0. The Hall–Kier alpha value is -1.68. The number of rotatable bonds is 3. The highest BCUT2D eigenvalue weighted by molar-refractivity contribution is 5.88. The molecule has 0 bridgehead atoms. The van der Waals surface area contributed by atoms with Gasteiger partial charge in [-0.3, -0.25) is 0 Å². The van der Waals surface area contributed by atoms with Crippen molar-refractivity contribution in [1.82, 2.24) is 9.97 Å². The first-order chi connectivity index (χ1) is 9.38. The predicted octanol–water partition coefficient (Wildman–Crippen LogP) is 2.56. The lowest BCUT2D eigenvalue weighted by molar-refractivity contribution is 0.332. The van der Waals surface area contributed by atoms with E-state index in [-0.39, 0.29) is 0 Å². The Kier molecular flexibility index (Phi) is 3.60. The number of nitrogens with one attached hydrogen (secondary N) is 1. The highest BCUT2D eigenvalue weighted by Crippen LogP contribution is 2.28. The van der Waals surface area contributed by atoms with E-state index >= 15 is 0 Å². The van der Waals surface area contributed by atoms with E-state index in [1.165, 1.54) is 25.7 Å². The van der Waals surface area contributed by atoms with E-state index in [9.17, 15) is 0 Å². The van der Waals surface area contributed by atoms with Crippen molar-refractivity contribution in [2.45, 2.75) is 31.7 Å². The van der Waals surface area contributed by atoms with Crippen molar-refractivity contribution >= 4 is 16.7 Å². The Morgan fingerprint density at radius 1 is 1.16 bits per heavy atom. The van der Waals surface area contributed by atoms with Gasteiger partial charge in [0, 0.05) is 11.4 Å². The third kappa shape index (κ3) is 2.54. The lowest BCUT2D eigenvalue weighted by atomic mass is 9.84. The summed E-state index contributed by atoms with van der Waals surface area (Å²) in [5.41, 5.74) is 6.87. The van der Waals surface area contributed by atoms with Gasteiger partial charge in [-0.25, -0.2) is 9.97 Å². The molecule has 1 aliphatic rings. The molecule has 1 heterocycles. The molecule has 1 fully saturated rings. The second-order valence-electron chi connectivity index (χ2n) is 5.27. The molecule has 0 saturated heterocycles. The van der Waals surface area contributed by atoms with Crippen LogP contribution >= 0.6 is 0 Å². The molecule has 2 unspecified atom stereocenters. The maximum Gasteiger partial charge on any atom is 0.137 e. The summed E-state index contributed by atoms with van der Waals surface area (Å²) >= 11 is 0.